The second kappa shape index (κ2) is 8.50. The highest BCUT2D eigenvalue weighted by molar-refractivity contribution is 6.16. The summed E-state index contributed by atoms with van der Waals surface area (Å²) in [7, 11) is 0. The average molecular weight is 241 g/mol. The van der Waals surface area contributed by atoms with Crippen molar-refractivity contribution in [1.29, 1.82) is 0 Å². The predicted molar refractivity (Wildman–Crippen MR) is 63.3 cm³/mol. The van der Waals surface area contributed by atoms with Crippen LogP contribution in [-0.2, 0) is 14.4 Å². The van der Waals surface area contributed by atoms with Crippen molar-refractivity contribution < 1.29 is 19.5 Å². The fourth-order valence-corrected chi connectivity index (χ4v) is 1.24. The molecule has 5 nitrogen and oxygen atoms in total. The Morgan fingerprint density at radius 2 is 1.94 bits per heavy atom. The number of carbonyl (C=O) groups excluding carboxylic acids is 2. The lowest BCUT2D eigenvalue weighted by atomic mass is 10.2. The van der Waals surface area contributed by atoms with Crippen LogP contribution in [0.2, 0.25) is 0 Å². The van der Waals surface area contributed by atoms with Crippen molar-refractivity contribution in [2.75, 3.05) is 0 Å². The zero-order valence-electron chi connectivity index (χ0n) is 10.3. The molecule has 2 amide bonds. The highest BCUT2D eigenvalue weighted by Gasteiger charge is 2.17. The first-order valence-corrected chi connectivity index (χ1v) is 5.78. The Labute approximate surface area is 101 Å². The summed E-state index contributed by atoms with van der Waals surface area (Å²) in [6.07, 6.45) is 5.24. The van der Waals surface area contributed by atoms with Gasteiger partial charge < -0.3 is 5.11 Å². The molecule has 1 aliphatic rings. The molecule has 0 aromatic carbocycles. The minimum atomic E-state index is -0.682. The first kappa shape index (κ1) is 15.3. The van der Waals surface area contributed by atoms with E-state index >= 15 is 0 Å². The van der Waals surface area contributed by atoms with Gasteiger partial charge in [0.25, 0.3) is 11.8 Å². The van der Waals surface area contributed by atoms with Crippen molar-refractivity contribution in [2.45, 2.75) is 46.0 Å². The monoisotopic (exact) mass is 241 g/mol. The second-order valence-electron chi connectivity index (χ2n) is 3.69. The van der Waals surface area contributed by atoms with E-state index in [0.29, 0.717) is 18.4 Å². The van der Waals surface area contributed by atoms with Gasteiger partial charge in [0.1, 0.15) is 0 Å². The summed E-state index contributed by atoms with van der Waals surface area (Å²) in [5.41, 5.74) is 0.569. The Hall–Kier alpha value is -1.65. The van der Waals surface area contributed by atoms with Gasteiger partial charge in [0, 0.05) is 18.1 Å². The van der Waals surface area contributed by atoms with Crippen LogP contribution in [0.5, 0.6) is 0 Å². The quantitative estimate of drug-likeness (QED) is 0.566. The van der Waals surface area contributed by atoms with Gasteiger partial charge >= 0.3 is 5.97 Å². The van der Waals surface area contributed by atoms with Gasteiger partial charge in [-0.2, -0.15) is 0 Å². The van der Waals surface area contributed by atoms with Crippen molar-refractivity contribution in [3.8, 4) is 0 Å². The molecule has 0 atom stereocenters. The molecule has 0 bridgehead atoms. The lowest BCUT2D eigenvalue weighted by molar-refractivity contribution is -0.137. The number of carboxylic acids is 1. The molecule has 1 heterocycles. The zero-order valence-corrected chi connectivity index (χ0v) is 10.3. The summed E-state index contributed by atoms with van der Waals surface area (Å²) >= 11 is 0. The van der Waals surface area contributed by atoms with Crippen molar-refractivity contribution in [2.24, 2.45) is 0 Å². The molecule has 0 radical (unpaired) electrons. The van der Waals surface area contributed by atoms with Crippen LogP contribution >= 0.6 is 0 Å². The summed E-state index contributed by atoms with van der Waals surface area (Å²) in [5, 5.41) is 10.3. The van der Waals surface area contributed by atoms with Crippen LogP contribution in [-0.4, -0.2) is 22.9 Å². The van der Waals surface area contributed by atoms with E-state index in [-0.39, 0.29) is 11.8 Å². The van der Waals surface area contributed by atoms with Crippen LogP contribution in [0.3, 0.4) is 0 Å². The van der Waals surface area contributed by atoms with E-state index in [1.807, 2.05) is 6.92 Å². The van der Waals surface area contributed by atoms with Crippen LogP contribution in [0.1, 0.15) is 46.0 Å². The van der Waals surface area contributed by atoms with Crippen molar-refractivity contribution >= 4 is 17.8 Å². The third kappa shape index (κ3) is 7.27. The van der Waals surface area contributed by atoms with E-state index < -0.39 is 5.97 Å². The van der Waals surface area contributed by atoms with Gasteiger partial charge in [-0.3, -0.25) is 19.7 Å². The molecule has 2 N–H and O–H groups in total. The number of imide groups is 1. The van der Waals surface area contributed by atoms with E-state index in [2.05, 4.69) is 12.2 Å². The van der Waals surface area contributed by atoms with E-state index in [9.17, 15) is 14.4 Å². The van der Waals surface area contributed by atoms with Crippen molar-refractivity contribution in [3.05, 3.63) is 11.6 Å². The van der Waals surface area contributed by atoms with Gasteiger partial charge in [0.05, 0.1) is 0 Å². The minimum absolute atomic E-state index is 0.248. The number of nitrogens with one attached hydrogen (secondary N) is 1. The standard InChI is InChI=1S/C6H7NO2.C6H12O2/c1-2-4-3-5(8)7-6(4)9;1-2-3-4-5-6(7)8/h3H,2H2,1H3,(H,7,8,9);2-5H2,1H3,(H,7,8). The maximum Gasteiger partial charge on any atom is 0.303 e. The molecule has 0 saturated carbocycles. The Balaban J connectivity index is 0.000000304. The summed E-state index contributed by atoms with van der Waals surface area (Å²) in [6, 6.07) is 0. The first-order valence-electron chi connectivity index (χ1n) is 5.78. The molecule has 17 heavy (non-hydrogen) atoms. The zero-order chi connectivity index (χ0) is 13.3. The third-order valence-electron chi connectivity index (χ3n) is 2.21. The average Bonchev–Trinajstić information content (AvgIpc) is 2.58. The molecular weight excluding hydrogens is 222 g/mol. The maximum absolute atomic E-state index is 10.6. The lowest BCUT2D eigenvalue weighted by Crippen LogP contribution is -2.21. The molecule has 0 spiro atoms. The normalized spacial score (nSPS) is 13.6. The van der Waals surface area contributed by atoms with Crippen molar-refractivity contribution in [1.82, 2.24) is 5.32 Å². The molecular formula is C12H19NO4. The fourth-order valence-electron chi connectivity index (χ4n) is 1.24. The highest BCUT2D eigenvalue weighted by atomic mass is 16.4. The Bertz CT molecular complexity index is 320. The van der Waals surface area contributed by atoms with Crippen LogP contribution in [0.15, 0.2) is 11.6 Å². The second-order valence-corrected chi connectivity index (χ2v) is 3.69. The molecule has 0 saturated heterocycles. The van der Waals surface area contributed by atoms with E-state index in [4.69, 9.17) is 5.11 Å². The number of hydrogen-bond acceptors (Lipinski definition) is 3. The molecule has 96 valence electrons. The molecule has 1 aliphatic heterocycles. The number of amides is 2. The van der Waals surface area contributed by atoms with Gasteiger partial charge in [0.15, 0.2) is 0 Å². The SMILES string of the molecule is CCC1=CC(=O)NC1=O.CCCCCC(=O)O. The summed E-state index contributed by atoms with van der Waals surface area (Å²) in [5.74, 6) is -1.22. The van der Waals surface area contributed by atoms with Crippen molar-refractivity contribution in [3.63, 3.8) is 0 Å². The number of hydrogen-bond donors (Lipinski definition) is 2. The largest absolute Gasteiger partial charge is 0.481 e. The van der Waals surface area contributed by atoms with E-state index in [1.165, 1.54) is 6.08 Å². The molecule has 0 aromatic rings. The molecule has 0 aromatic heterocycles. The molecule has 0 unspecified atom stereocenters. The van der Waals surface area contributed by atoms with E-state index in [0.717, 1.165) is 19.3 Å². The number of carboxylic acid groups (broad SMARTS) is 1. The van der Waals surface area contributed by atoms with Gasteiger partial charge in [-0.05, 0) is 12.8 Å². The molecule has 0 fully saturated rings. The molecule has 1 rings (SSSR count). The summed E-state index contributed by atoms with van der Waals surface area (Å²) in [6.45, 7) is 3.89. The number of unbranched alkanes of at least 4 members (excludes halogenated alkanes) is 2. The van der Waals surface area contributed by atoms with Gasteiger partial charge in [-0.1, -0.05) is 26.7 Å². The first-order chi connectivity index (χ1) is 8.01. The number of rotatable bonds is 5. The van der Waals surface area contributed by atoms with Gasteiger partial charge in [-0.25, -0.2) is 0 Å². The van der Waals surface area contributed by atoms with Gasteiger partial charge in [0.2, 0.25) is 0 Å². The minimum Gasteiger partial charge on any atom is -0.481 e. The predicted octanol–water partition coefficient (Wildman–Crippen LogP) is 1.63. The Morgan fingerprint density at radius 3 is 2.24 bits per heavy atom. The molecule has 5 heteroatoms. The van der Waals surface area contributed by atoms with Crippen LogP contribution < -0.4 is 5.32 Å². The summed E-state index contributed by atoms with van der Waals surface area (Å²) in [4.78, 5) is 30.9. The fraction of sp³-hybridized carbons (Fsp3) is 0.583. The topological polar surface area (TPSA) is 83.5 Å². The Morgan fingerprint density at radius 1 is 1.29 bits per heavy atom. The highest BCUT2D eigenvalue weighted by Crippen LogP contribution is 2.04. The lowest BCUT2D eigenvalue weighted by Gasteiger charge is -1.89. The maximum atomic E-state index is 10.6. The molecule has 0 aliphatic carbocycles. The van der Waals surface area contributed by atoms with Crippen LogP contribution in [0.4, 0.5) is 0 Å². The van der Waals surface area contributed by atoms with Gasteiger partial charge in [-0.15, -0.1) is 0 Å². The van der Waals surface area contributed by atoms with Crippen LogP contribution in [0.25, 0.3) is 0 Å². The summed E-state index contributed by atoms with van der Waals surface area (Å²) < 4.78 is 0. The van der Waals surface area contributed by atoms with E-state index in [1.54, 1.807) is 0 Å². The third-order valence-corrected chi connectivity index (χ3v) is 2.21. The number of aliphatic carboxylic acids is 1. The smallest absolute Gasteiger partial charge is 0.303 e. The number of carbonyl (C=O) groups is 3. The van der Waals surface area contributed by atoms with Crippen LogP contribution in [0, 0.1) is 0 Å². The Kier molecular flexibility index (Phi) is 7.67.